The Morgan fingerprint density at radius 3 is 2.50 bits per heavy atom. The van der Waals surface area contributed by atoms with E-state index in [1.807, 2.05) is 25.1 Å². The highest BCUT2D eigenvalue weighted by molar-refractivity contribution is 6.28. The molecule has 0 saturated carbocycles. The third-order valence-corrected chi connectivity index (χ3v) is 3.48. The van der Waals surface area contributed by atoms with Crippen molar-refractivity contribution >= 4 is 11.7 Å². The van der Waals surface area contributed by atoms with E-state index in [0.29, 0.717) is 11.3 Å². The van der Waals surface area contributed by atoms with Gasteiger partial charge in [0.25, 0.3) is 0 Å². The molecular formula is C15H12N2O3. The minimum absolute atomic E-state index is 0.166. The molecule has 3 rings (SSSR count). The summed E-state index contributed by atoms with van der Waals surface area (Å²) in [6.07, 6.45) is 0. The number of aromatic hydroxyl groups is 1. The van der Waals surface area contributed by atoms with Gasteiger partial charge in [0.05, 0.1) is 5.71 Å². The fourth-order valence-electron chi connectivity index (χ4n) is 2.64. The Hall–Kier alpha value is -2.82. The Labute approximate surface area is 115 Å². The summed E-state index contributed by atoms with van der Waals surface area (Å²) in [6, 6.07) is 8.82. The maximum atomic E-state index is 11.4. The lowest BCUT2D eigenvalue weighted by Crippen LogP contribution is -2.09. The average Bonchev–Trinajstić information content (AvgIpc) is 2.70. The van der Waals surface area contributed by atoms with Crippen LogP contribution in [0.15, 0.2) is 35.4 Å². The second-order valence-corrected chi connectivity index (χ2v) is 4.71. The number of nitrogens with zero attached hydrogens (tertiary/aromatic N) is 1. The monoisotopic (exact) mass is 268 g/mol. The lowest BCUT2D eigenvalue weighted by molar-refractivity contribution is 0.0693. The second kappa shape index (κ2) is 4.09. The van der Waals surface area contributed by atoms with Crippen LogP contribution in [0.5, 0.6) is 5.75 Å². The molecule has 0 spiro atoms. The Bertz CT molecular complexity index is 779. The van der Waals surface area contributed by atoms with Crippen LogP contribution in [0.3, 0.4) is 0 Å². The quantitative estimate of drug-likeness (QED) is 0.465. The number of aryl methyl sites for hydroxylation is 1. The number of hydrazone groups is 1. The van der Waals surface area contributed by atoms with E-state index < -0.39 is 5.97 Å². The van der Waals surface area contributed by atoms with Gasteiger partial charge in [0.1, 0.15) is 11.3 Å². The van der Waals surface area contributed by atoms with Crippen LogP contribution in [0.4, 0.5) is 0 Å². The molecule has 100 valence electrons. The molecule has 0 unspecified atom stereocenters. The second-order valence-electron chi connectivity index (χ2n) is 4.71. The zero-order chi connectivity index (χ0) is 14.4. The van der Waals surface area contributed by atoms with Crippen molar-refractivity contribution in [2.24, 2.45) is 10.9 Å². The van der Waals surface area contributed by atoms with E-state index in [0.717, 1.165) is 22.3 Å². The van der Waals surface area contributed by atoms with Crippen LogP contribution in [0.25, 0.3) is 11.1 Å². The van der Waals surface area contributed by atoms with Crippen molar-refractivity contribution in [3.63, 3.8) is 0 Å². The Morgan fingerprint density at radius 2 is 1.85 bits per heavy atom. The maximum absolute atomic E-state index is 11.4. The van der Waals surface area contributed by atoms with E-state index in [9.17, 15) is 15.0 Å². The van der Waals surface area contributed by atoms with Gasteiger partial charge in [-0.15, -0.1) is 0 Å². The molecule has 0 radical (unpaired) electrons. The van der Waals surface area contributed by atoms with E-state index >= 15 is 0 Å². The SMILES string of the molecule is Cc1ccc2c(c1)/C(=N\N)c1c-2ccc(O)c1C(=O)O. The van der Waals surface area contributed by atoms with Crippen LogP contribution in [-0.2, 0) is 0 Å². The number of carboxylic acid groups (broad SMARTS) is 1. The lowest BCUT2D eigenvalue weighted by Gasteiger charge is -2.07. The van der Waals surface area contributed by atoms with Crippen molar-refractivity contribution in [1.82, 2.24) is 0 Å². The molecule has 5 heteroatoms. The largest absolute Gasteiger partial charge is 0.507 e. The molecule has 2 aromatic carbocycles. The molecule has 0 aromatic heterocycles. The van der Waals surface area contributed by atoms with Crippen molar-refractivity contribution in [1.29, 1.82) is 0 Å². The summed E-state index contributed by atoms with van der Waals surface area (Å²) in [7, 11) is 0. The summed E-state index contributed by atoms with van der Waals surface area (Å²) in [5, 5.41) is 22.9. The van der Waals surface area contributed by atoms with Gasteiger partial charge in [-0.2, -0.15) is 5.10 Å². The zero-order valence-electron chi connectivity index (χ0n) is 10.7. The van der Waals surface area contributed by atoms with Crippen molar-refractivity contribution < 1.29 is 15.0 Å². The highest BCUT2D eigenvalue weighted by atomic mass is 16.4. The van der Waals surface area contributed by atoms with Crippen LogP contribution in [0.2, 0.25) is 0 Å². The molecule has 0 bridgehead atoms. The van der Waals surface area contributed by atoms with E-state index in [2.05, 4.69) is 5.10 Å². The highest BCUT2D eigenvalue weighted by Gasteiger charge is 2.31. The minimum Gasteiger partial charge on any atom is -0.507 e. The standard InChI is InChI=1S/C15H12N2O3/c1-7-2-3-8-9-4-5-11(18)13(15(19)20)12(9)14(17-16)10(8)6-7/h2-6,18H,16H2,1H3,(H,19,20)/b17-14+. The number of benzene rings is 2. The van der Waals surface area contributed by atoms with Crippen molar-refractivity contribution in [2.45, 2.75) is 6.92 Å². The predicted molar refractivity (Wildman–Crippen MR) is 75.1 cm³/mol. The molecule has 0 amide bonds. The number of carbonyl (C=O) groups is 1. The molecule has 0 fully saturated rings. The maximum Gasteiger partial charge on any atom is 0.340 e. The van der Waals surface area contributed by atoms with Crippen molar-refractivity contribution in [2.75, 3.05) is 0 Å². The first kappa shape index (κ1) is 12.2. The number of fused-ring (bicyclic) bond motifs is 3. The van der Waals surface area contributed by atoms with Crippen LogP contribution in [0, 0.1) is 6.92 Å². The summed E-state index contributed by atoms with van der Waals surface area (Å²) in [5.74, 6) is 3.95. The Morgan fingerprint density at radius 1 is 1.15 bits per heavy atom. The van der Waals surface area contributed by atoms with Crippen molar-refractivity contribution in [3.05, 3.63) is 52.6 Å². The van der Waals surface area contributed by atoms with E-state index in [-0.39, 0.29) is 11.3 Å². The fraction of sp³-hybridized carbons (Fsp3) is 0.0667. The van der Waals surface area contributed by atoms with Gasteiger partial charge in [-0.05, 0) is 36.2 Å². The average molecular weight is 268 g/mol. The fourth-order valence-corrected chi connectivity index (χ4v) is 2.64. The van der Waals surface area contributed by atoms with Gasteiger partial charge in [0, 0.05) is 11.1 Å². The molecule has 0 aliphatic heterocycles. The normalized spacial score (nSPS) is 14.2. The molecule has 1 aliphatic rings. The Kier molecular flexibility index (Phi) is 2.50. The topological polar surface area (TPSA) is 95.9 Å². The summed E-state index contributed by atoms with van der Waals surface area (Å²) < 4.78 is 0. The number of nitrogens with two attached hydrogens (primary N) is 1. The van der Waals surface area contributed by atoms with Gasteiger partial charge < -0.3 is 16.1 Å². The first-order valence-electron chi connectivity index (χ1n) is 6.03. The molecule has 4 N–H and O–H groups in total. The number of aromatic carboxylic acids is 1. The molecule has 0 heterocycles. The number of hydrogen-bond donors (Lipinski definition) is 3. The lowest BCUT2D eigenvalue weighted by atomic mass is 9.99. The van der Waals surface area contributed by atoms with Gasteiger partial charge >= 0.3 is 5.97 Å². The van der Waals surface area contributed by atoms with Crippen molar-refractivity contribution in [3.8, 4) is 16.9 Å². The molecule has 0 saturated heterocycles. The number of phenols is 1. The summed E-state index contributed by atoms with van der Waals surface area (Å²) in [5.41, 5.74) is 4.01. The number of hydrogen-bond acceptors (Lipinski definition) is 4. The van der Waals surface area contributed by atoms with Gasteiger partial charge in [0.15, 0.2) is 0 Å². The zero-order valence-corrected chi connectivity index (χ0v) is 10.7. The van der Waals surface area contributed by atoms with Crippen LogP contribution in [-0.4, -0.2) is 21.9 Å². The minimum atomic E-state index is -1.20. The molecular weight excluding hydrogens is 256 g/mol. The molecule has 0 atom stereocenters. The summed E-state index contributed by atoms with van der Waals surface area (Å²) in [6.45, 7) is 1.94. The Balaban J connectivity index is 2.43. The van der Waals surface area contributed by atoms with E-state index in [4.69, 9.17) is 5.84 Å². The summed E-state index contributed by atoms with van der Waals surface area (Å²) in [4.78, 5) is 11.4. The number of carboxylic acids is 1. The summed E-state index contributed by atoms with van der Waals surface area (Å²) >= 11 is 0. The van der Waals surface area contributed by atoms with Gasteiger partial charge in [-0.25, -0.2) is 4.79 Å². The van der Waals surface area contributed by atoms with Gasteiger partial charge in [-0.3, -0.25) is 0 Å². The smallest absolute Gasteiger partial charge is 0.340 e. The first-order valence-corrected chi connectivity index (χ1v) is 6.03. The van der Waals surface area contributed by atoms with E-state index in [1.165, 1.54) is 6.07 Å². The van der Waals surface area contributed by atoms with Gasteiger partial charge in [-0.1, -0.05) is 17.7 Å². The number of rotatable bonds is 1. The molecule has 20 heavy (non-hydrogen) atoms. The third kappa shape index (κ3) is 1.50. The first-order chi connectivity index (χ1) is 9.54. The van der Waals surface area contributed by atoms with E-state index in [1.54, 1.807) is 6.07 Å². The van der Waals surface area contributed by atoms with Crippen LogP contribution >= 0.6 is 0 Å². The molecule has 1 aliphatic carbocycles. The third-order valence-electron chi connectivity index (χ3n) is 3.48. The van der Waals surface area contributed by atoms with Crippen LogP contribution in [0.1, 0.15) is 27.0 Å². The van der Waals surface area contributed by atoms with Gasteiger partial charge in [0.2, 0.25) is 0 Å². The predicted octanol–water partition coefficient (Wildman–Crippen LogP) is 2.09. The highest BCUT2D eigenvalue weighted by Crippen LogP contribution is 2.41. The molecule has 2 aromatic rings. The van der Waals surface area contributed by atoms with Crippen LogP contribution < -0.4 is 5.84 Å². The molecule has 5 nitrogen and oxygen atoms in total.